The van der Waals surface area contributed by atoms with Crippen LogP contribution in [0.25, 0.3) is 0 Å². The third kappa shape index (κ3) is 12.2. The maximum atomic E-state index is 13.3. The highest BCUT2D eigenvalue weighted by atomic mass is 32.2. The fourth-order valence-electron chi connectivity index (χ4n) is 4.02. The molecule has 0 saturated carbocycles. The van der Waals surface area contributed by atoms with Gasteiger partial charge in [0.05, 0.1) is 6.42 Å². The van der Waals surface area contributed by atoms with Gasteiger partial charge in [-0.15, -0.1) is 23.1 Å². The topological polar surface area (TPSA) is 161 Å². The second kappa shape index (κ2) is 18.4. The number of aromatic nitrogens is 1. The average molecular weight is 641 g/mol. The Kier molecular flexibility index (Phi) is 15.8. The van der Waals surface area contributed by atoms with Gasteiger partial charge in [-0.05, 0) is 31.8 Å². The van der Waals surface area contributed by atoms with E-state index in [0.717, 1.165) is 24.3 Å². The Morgan fingerprint density at radius 1 is 1.24 bits per heavy atom. The van der Waals surface area contributed by atoms with E-state index in [1.807, 2.05) is 5.38 Å². The normalized spacial score (nSPS) is 18.2. The number of hydrogen-bond acceptors (Lipinski definition) is 11. The Morgan fingerprint density at radius 3 is 2.62 bits per heavy atom. The number of carboxylic acid groups (broad SMARTS) is 1. The number of amides is 1. The minimum absolute atomic E-state index is 0.154. The Morgan fingerprint density at radius 2 is 1.98 bits per heavy atom. The van der Waals surface area contributed by atoms with Crippen LogP contribution in [0.5, 0.6) is 0 Å². The molecule has 0 aromatic carbocycles. The quantitative estimate of drug-likeness (QED) is 0.107. The Hall–Kier alpha value is -2.22. The number of carbonyl (C=O) groups is 4. The van der Waals surface area contributed by atoms with Crippen molar-refractivity contribution in [2.75, 3.05) is 11.5 Å². The van der Waals surface area contributed by atoms with Gasteiger partial charge in [-0.3, -0.25) is 19.4 Å². The molecule has 1 amide bonds. The summed E-state index contributed by atoms with van der Waals surface area (Å²) < 4.78 is 5.54. The van der Waals surface area contributed by atoms with Crippen molar-refractivity contribution in [1.82, 2.24) is 10.3 Å². The molecule has 0 saturated heterocycles. The standard InChI is InChI=1S/C29H44N4O6S3/c1-5-6-7-8-9-13-24(36)40-14-11-10-12-20(15-23(34)35)39-27(37)25(19(2)3)32-28(38)29(4)18-42-26(33-29)21-17-41-22(16-30)31-21/h10,12,17,19-20,25H,5-9,11,13-16,18,30H2,1-4H3,(H,32,38)(H,34,35)/b12-10+/t20-,25+,29?/m1/s1. The van der Waals surface area contributed by atoms with Gasteiger partial charge in [-0.2, -0.15) is 0 Å². The van der Waals surface area contributed by atoms with E-state index in [9.17, 15) is 24.3 Å². The molecule has 10 nitrogen and oxygen atoms in total. The molecule has 234 valence electrons. The zero-order valence-corrected chi connectivity index (χ0v) is 27.4. The summed E-state index contributed by atoms with van der Waals surface area (Å²) in [7, 11) is 0. The Bertz CT molecular complexity index is 1120. The molecule has 1 aliphatic rings. The third-order valence-corrected chi connectivity index (χ3v) is 9.62. The second-order valence-corrected chi connectivity index (χ2v) is 13.7. The number of hydrogen-bond donors (Lipinski definition) is 3. The van der Waals surface area contributed by atoms with Crippen LogP contribution in [0.1, 0.15) is 89.8 Å². The number of thioether (sulfide) groups is 2. The first-order chi connectivity index (χ1) is 20.0. The number of rotatable bonds is 19. The van der Waals surface area contributed by atoms with E-state index >= 15 is 0 Å². The molecule has 1 aromatic heterocycles. The number of thiazole rings is 1. The van der Waals surface area contributed by atoms with E-state index < -0.39 is 42.0 Å². The molecular formula is C29H44N4O6S3. The molecule has 13 heteroatoms. The van der Waals surface area contributed by atoms with Crippen LogP contribution in [-0.4, -0.2) is 67.3 Å². The minimum atomic E-state index is -1.12. The fraction of sp³-hybridized carbons (Fsp3) is 0.655. The van der Waals surface area contributed by atoms with Crippen LogP contribution in [0.2, 0.25) is 0 Å². The average Bonchev–Trinajstić information content (AvgIpc) is 3.58. The number of nitrogens with one attached hydrogen (secondary N) is 1. The summed E-state index contributed by atoms with van der Waals surface area (Å²) in [5.41, 5.74) is 5.23. The molecule has 3 atom stereocenters. The van der Waals surface area contributed by atoms with E-state index in [2.05, 4.69) is 22.2 Å². The molecule has 2 rings (SSSR count). The summed E-state index contributed by atoms with van der Waals surface area (Å²) in [6.45, 7) is 7.73. The molecule has 0 spiro atoms. The van der Waals surface area contributed by atoms with Gasteiger partial charge in [0.1, 0.15) is 33.4 Å². The van der Waals surface area contributed by atoms with E-state index in [1.165, 1.54) is 53.8 Å². The van der Waals surface area contributed by atoms with E-state index in [1.54, 1.807) is 26.8 Å². The lowest BCUT2D eigenvalue weighted by Crippen LogP contribution is -2.53. The van der Waals surface area contributed by atoms with Gasteiger partial charge in [0.25, 0.3) is 0 Å². The highest BCUT2D eigenvalue weighted by molar-refractivity contribution is 8.14. The van der Waals surface area contributed by atoms with Crippen molar-refractivity contribution in [1.29, 1.82) is 0 Å². The number of ether oxygens (including phenoxy) is 1. The van der Waals surface area contributed by atoms with Crippen LogP contribution in [0.4, 0.5) is 0 Å². The fourth-order valence-corrected chi connectivity index (χ4v) is 6.66. The highest BCUT2D eigenvalue weighted by Crippen LogP contribution is 2.32. The molecule has 0 radical (unpaired) electrons. The summed E-state index contributed by atoms with van der Waals surface area (Å²) in [5.74, 6) is -1.62. The first kappa shape index (κ1) is 36.0. The second-order valence-electron chi connectivity index (χ2n) is 10.7. The van der Waals surface area contributed by atoms with Crippen LogP contribution in [0.3, 0.4) is 0 Å². The predicted octanol–water partition coefficient (Wildman–Crippen LogP) is 4.95. The van der Waals surface area contributed by atoms with E-state index in [0.29, 0.717) is 41.6 Å². The van der Waals surface area contributed by atoms with Gasteiger partial charge >= 0.3 is 11.9 Å². The Balaban J connectivity index is 1.93. The number of esters is 1. The van der Waals surface area contributed by atoms with Crippen LogP contribution in [0, 0.1) is 5.92 Å². The van der Waals surface area contributed by atoms with Crippen molar-refractivity contribution < 1.29 is 29.0 Å². The van der Waals surface area contributed by atoms with Crippen LogP contribution < -0.4 is 11.1 Å². The molecular weight excluding hydrogens is 597 g/mol. The maximum Gasteiger partial charge on any atom is 0.329 e. The van der Waals surface area contributed by atoms with Gasteiger partial charge < -0.3 is 20.9 Å². The number of allylic oxidation sites excluding steroid dienone is 1. The first-order valence-corrected chi connectivity index (χ1v) is 17.3. The van der Waals surface area contributed by atoms with Gasteiger partial charge in [0, 0.05) is 29.9 Å². The minimum Gasteiger partial charge on any atom is -0.481 e. The van der Waals surface area contributed by atoms with Crippen molar-refractivity contribution in [3.05, 3.63) is 28.2 Å². The van der Waals surface area contributed by atoms with Gasteiger partial charge in [-0.1, -0.05) is 64.3 Å². The van der Waals surface area contributed by atoms with Crippen molar-refractivity contribution in [3.63, 3.8) is 0 Å². The molecule has 1 aromatic rings. The highest BCUT2D eigenvalue weighted by Gasteiger charge is 2.41. The van der Waals surface area contributed by atoms with Crippen molar-refractivity contribution in [3.8, 4) is 0 Å². The molecule has 1 aliphatic heterocycles. The lowest BCUT2D eigenvalue weighted by molar-refractivity contribution is -0.155. The number of nitrogens with zero attached hydrogens (tertiary/aromatic N) is 2. The smallest absolute Gasteiger partial charge is 0.329 e. The summed E-state index contributed by atoms with van der Waals surface area (Å²) in [6.07, 6.45) is 8.42. The molecule has 0 fully saturated rings. The number of nitrogens with two attached hydrogens (primary N) is 1. The van der Waals surface area contributed by atoms with Crippen LogP contribution in [-0.2, 0) is 30.5 Å². The zero-order chi connectivity index (χ0) is 31.1. The number of aliphatic carboxylic acids is 1. The van der Waals surface area contributed by atoms with E-state index in [-0.39, 0.29) is 11.0 Å². The SMILES string of the molecule is CCCCCCCC(=O)SCC/C=C/[C@H](CC(=O)O)OC(=O)[C@@H](NC(=O)C1(C)CSC(c2csc(CN)n2)=N1)C(C)C. The Labute approximate surface area is 261 Å². The summed E-state index contributed by atoms with van der Waals surface area (Å²) in [5, 5.41) is 15.6. The van der Waals surface area contributed by atoms with Crippen LogP contribution in [0.15, 0.2) is 22.5 Å². The zero-order valence-electron chi connectivity index (χ0n) is 24.9. The third-order valence-electron chi connectivity index (χ3n) is 6.51. The molecule has 0 aliphatic carbocycles. The van der Waals surface area contributed by atoms with Crippen molar-refractivity contribution in [2.24, 2.45) is 16.6 Å². The van der Waals surface area contributed by atoms with Crippen molar-refractivity contribution >= 4 is 62.9 Å². The number of carbonyl (C=O) groups excluding carboxylic acids is 3. The van der Waals surface area contributed by atoms with E-state index in [4.69, 9.17) is 10.5 Å². The first-order valence-electron chi connectivity index (χ1n) is 14.4. The van der Waals surface area contributed by atoms with Gasteiger partial charge in [0.15, 0.2) is 5.12 Å². The lowest BCUT2D eigenvalue weighted by Gasteiger charge is -2.27. The summed E-state index contributed by atoms with van der Waals surface area (Å²) >= 11 is 4.11. The van der Waals surface area contributed by atoms with Gasteiger partial charge in [-0.25, -0.2) is 9.78 Å². The summed E-state index contributed by atoms with van der Waals surface area (Å²) in [6, 6.07) is -0.989. The summed E-state index contributed by atoms with van der Waals surface area (Å²) in [4.78, 5) is 58.9. The molecule has 2 heterocycles. The monoisotopic (exact) mass is 640 g/mol. The molecule has 4 N–H and O–H groups in total. The maximum absolute atomic E-state index is 13.3. The largest absolute Gasteiger partial charge is 0.481 e. The molecule has 0 bridgehead atoms. The lowest BCUT2D eigenvalue weighted by atomic mass is 10.0. The van der Waals surface area contributed by atoms with Crippen LogP contribution >= 0.6 is 34.9 Å². The molecule has 42 heavy (non-hydrogen) atoms. The molecule has 1 unspecified atom stereocenters. The predicted molar refractivity (Wildman–Crippen MR) is 171 cm³/mol. The number of unbranched alkanes of at least 4 members (excludes halogenated alkanes) is 4. The number of aliphatic imine (C=N–C) groups is 1. The number of carboxylic acids is 1. The van der Waals surface area contributed by atoms with Gasteiger partial charge in [0.2, 0.25) is 5.91 Å². The van der Waals surface area contributed by atoms with Crippen molar-refractivity contribution in [2.45, 2.75) is 103 Å².